The van der Waals surface area contributed by atoms with Crippen molar-refractivity contribution in [3.05, 3.63) is 22.3 Å². The number of hydrogen-bond acceptors (Lipinski definition) is 5. The van der Waals surface area contributed by atoms with Gasteiger partial charge in [-0.3, -0.25) is 0 Å². The fraction of sp³-hybridized carbons (Fsp3) is 0.571. The van der Waals surface area contributed by atoms with Crippen LogP contribution in [0.15, 0.2) is 10.6 Å². The Labute approximate surface area is 117 Å². The number of aromatic nitrogens is 2. The lowest BCUT2D eigenvalue weighted by molar-refractivity contribution is 0.420. The van der Waals surface area contributed by atoms with E-state index >= 15 is 0 Å². The molecular formula is C14H19N3OS. The van der Waals surface area contributed by atoms with Gasteiger partial charge in [0, 0.05) is 4.88 Å². The maximum Gasteiger partial charge on any atom is 0.268 e. The smallest absolute Gasteiger partial charge is 0.268 e. The Morgan fingerprint density at radius 3 is 3.11 bits per heavy atom. The average Bonchev–Trinajstić information content (AvgIpc) is 2.99. The van der Waals surface area contributed by atoms with E-state index in [1.54, 1.807) is 0 Å². The summed E-state index contributed by atoms with van der Waals surface area (Å²) in [6.45, 7) is 3.65. The molecule has 0 bridgehead atoms. The summed E-state index contributed by atoms with van der Waals surface area (Å²) < 4.78 is 5.37. The van der Waals surface area contributed by atoms with Crippen LogP contribution in [0.5, 0.6) is 0 Å². The van der Waals surface area contributed by atoms with Crippen LogP contribution in [-0.4, -0.2) is 16.7 Å². The third-order valence-electron chi connectivity index (χ3n) is 3.46. The zero-order valence-corrected chi connectivity index (χ0v) is 12.1. The van der Waals surface area contributed by atoms with Crippen molar-refractivity contribution in [2.75, 3.05) is 6.54 Å². The molecule has 2 heterocycles. The lowest BCUT2D eigenvalue weighted by Crippen LogP contribution is -2.12. The highest BCUT2D eigenvalue weighted by Gasteiger charge is 2.16. The standard InChI is InChI=1S/C14H19N3OS/c1-2-15-9-13-16-14(18-17-13)12-8-10-6-4-3-5-7-11(10)19-12/h8,15H,2-7,9H2,1H3. The first kappa shape index (κ1) is 12.8. The summed E-state index contributed by atoms with van der Waals surface area (Å²) in [7, 11) is 0. The second kappa shape index (κ2) is 5.84. The first-order chi connectivity index (χ1) is 9.36. The molecule has 0 atom stereocenters. The molecule has 19 heavy (non-hydrogen) atoms. The van der Waals surface area contributed by atoms with Crippen molar-refractivity contribution < 1.29 is 4.52 Å². The molecule has 3 rings (SSSR count). The van der Waals surface area contributed by atoms with Gasteiger partial charge in [0.2, 0.25) is 0 Å². The van der Waals surface area contributed by atoms with E-state index in [0.29, 0.717) is 12.4 Å². The van der Waals surface area contributed by atoms with Gasteiger partial charge in [-0.25, -0.2) is 0 Å². The summed E-state index contributed by atoms with van der Waals surface area (Å²) in [6, 6.07) is 2.25. The van der Waals surface area contributed by atoms with Crippen molar-refractivity contribution in [2.24, 2.45) is 0 Å². The van der Waals surface area contributed by atoms with Crippen LogP contribution in [0.1, 0.15) is 42.5 Å². The van der Waals surface area contributed by atoms with Crippen LogP contribution < -0.4 is 5.32 Å². The highest BCUT2D eigenvalue weighted by atomic mass is 32.1. The van der Waals surface area contributed by atoms with E-state index in [1.807, 2.05) is 11.3 Å². The summed E-state index contributed by atoms with van der Waals surface area (Å²) in [5.74, 6) is 1.41. The Kier molecular flexibility index (Phi) is 3.94. The van der Waals surface area contributed by atoms with Gasteiger partial charge in [0.05, 0.1) is 11.4 Å². The van der Waals surface area contributed by atoms with Crippen LogP contribution in [0, 0.1) is 0 Å². The summed E-state index contributed by atoms with van der Waals surface area (Å²) in [5, 5.41) is 7.22. The maximum absolute atomic E-state index is 5.37. The number of hydrogen-bond donors (Lipinski definition) is 1. The molecule has 4 nitrogen and oxygen atoms in total. The first-order valence-corrected chi connectivity index (χ1v) is 7.83. The zero-order chi connectivity index (χ0) is 13.1. The van der Waals surface area contributed by atoms with Crippen LogP contribution >= 0.6 is 11.3 Å². The molecule has 1 aliphatic carbocycles. The molecule has 0 saturated heterocycles. The maximum atomic E-state index is 5.37. The molecule has 0 saturated carbocycles. The van der Waals surface area contributed by atoms with E-state index in [2.05, 4.69) is 28.4 Å². The Hall–Kier alpha value is -1.20. The molecule has 2 aromatic rings. The van der Waals surface area contributed by atoms with Crippen LogP contribution in [-0.2, 0) is 19.4 Å². The molecule has 0 spiro atoms. The molecule has 5 heteroatoms. The molecule has 0 radical (unpaired) electrons. The Morgan fingerprint density at radius 1 is 1.32 bits per heavy atom. The topological polar surface area (TPSA) is 51.0 Å². The van der Waals surface area contributed by atoms with Crippen LogP contribution in [0.2, 0.25) is 0 Å². The molecule has 1 aliphatic rings. The van der Waals surface area contributed by atoms with Gasteiger partial charge in [0.1, 0.15) is 0 Å². The Morgan fingerprint density at radius 2 is 2.21 bits per heavy atom. The summed E-state index contributed by atoms with van der Waals surface area (Å²) in [5.41, 5.74) is 1.49. The van der Waals surface area contributed by atoms with Crippen LogP contribution in [0.3, 0.4) is 0 Å². The van der Waals surface area contributed by atoms with Gasteiger partial charge in [-0.05, 0) is 43.9 Å². The minimum atomic E-state index is 0.672. The molecule has 2 aromatic heterocycles. The van der Waals surface area contributed by atoms with E-state index in [0.717, 1.165) is 17.2 Å². The van der Waals surface area contributed by atoms with Crippen molar-refractivity contribution in [1.29, 1.82) is 0 Å². The second-order valence-corrected chi connectivity index (χ2v) is 6.05. The highest BCUT2D eigenvalue weighted by molar-refractivity contribution is 7.15. The Bertz CT molecular complexity index is 523. The van der Waals surface area contributed by atoms with Gasteiger partial charge >= 0.3 is 0 Å². The molecule has 0 unspecified atom stereocenters. The average molecular weight is 277 g/mol. The van der Waals surface area contributed by atoms with E-state index in [1.165, 1.54) is 42.5 Å². The molecule has 0 aliphatic heterocycles. The molecular weight excluding hydrogens is 258 g/mol. The first-order valence-electron chi connectivity index (χ1n) is 7.02. The molecule has 0 amide bonds. The highest BCUT2D eigenvalue weighted by Crippen LogP contribution is 2.34. The van der Waals surface area contributed by atoms with Gasteiger partial charge < -0.3 is 9.84 Å². The summed E-state index contributed by atoms with van der Waals surface area (Å²) >= 11 is 1.82. The summed E-state index contributed by atoms with van der Waals surface area (Å²) in [4.78, 5) is 7.09. The van der Waals surface area contributed by atoms with Crippen molar-refractivity contribution in [3.8, 4) is 10.8 Å². The number of thiophene rings is 1. The van der Waals surface area contributed by atoms with E-state index in [9.17, 15) is 0 Å². The number of aryl methyl sites for hydroxylation is 2. The Balaban J connectivity index is 1.80. The SMILES string of the molecule is CCNCc1noc(-c2cc3c(s2)CCCCC3)n1. The third-order valence-corrected chi connectivity index (χ3v) is 4.68. The lowest BCUT2D eigenvalue weighted by Gasteiger charge is -1.92. The fourth-order valence-corrected chi connectivity index (χ4v) is 3.61. The normalized spacial score (nSPS) is 15.2. The number of fused-ring (bicyclic) bond motifs is 1. The van der Waals surface area contributed by atoms with Crippen molar-refractivity contribution in [2.45, 2.75) is 45.6 Å². The van der Waals surface area contributed by atoms with Crippen molar-refractivity contribution in [3.63, 3.8) is 0 Å². The zero-order valence-electron chi connectivity index (χ0n) is 11.2. The quantitative estimate of drug-likeness (QED) is 0.872. The van der Waals surface area contributed by atoms with Crippen LogP contribution in [0.25, 0.3) is 10.8 Å². The number of nitrogens with one attached hydrogen (secondary N) is 1. The van der Waals surface area contributed by atoms with Gasteiger partial charge in [-0.2, -0.15) is 4.98 Å². The van der Waals surface area contributed by atoms with Gasteiger partial charge in [-0.15, -0.1) is 11.3 Å². The van der Waals surface area contributed by atoms with Crippen molar-refractivity contribution in [1.82, 2.24) is 15.5 Å². The molecule has 102 valence electrons. The van der Waals surface area contributed by atoms with Gasteiger partial charge in [0.25, 0.3) is 5.89 Å². The molecule has 0 fully saturated rings. The predicted molar refractivity (Wildman–Crippen MR) is 76.3 cm³/mol. The van der Waals surface area contributed by atoms with E-state index < -0.39 is 0 Å². The fourth-order valence-electron chi connectivity index (χ4n) is 2.44. The molecule has 0 aromatic carbocycles. The monoisotopic (exact) mass is 277 g/mol. The van der Waals surface area contributed by atoms with E-state index in [4.69, 9.17) is 4.52 Å². The van der Waals surface area contributed by atoms with Crippen molar-refractivity contribution >= 4 is 11.3 Å². The van der Waals surface area contributed by atoms with Gasteiger partial charge in [-0.1, -0.05) is 18.5 Å². The van der Waals surface area contributed by atoms with Gasteiger partial charge in [0.15, 0.2) is 5.82 Å². The second-order valence-electron chi connectivity index (χ2n) is 4.92. The molecule has 1 N–H and O–H groups in total. The minimum absolute atomic E-state index is 0.672. The van der Waals surface area contributed by atoms with E-state index in [-0.39, 0.29) is 0 Å². The predicted octanol–water partition coefficient (Wildman–Crippen LogP) is 3.18. The lowest BCUT2D eigenvalue weighted by atomic mass is 10.1. The third kappa shape index (κ3) is 2.87. The summed E-state index contributed by atoms with van der Waals surface area (Å²) in [6.07, 6.45) is 6.37. The van der Waals surface area contributed by atoms with Crippen LogP contribution in [0.4, 0.5) is 0 Å². The number of rotatable bonds is 4. The minimum Gasteiger partial charge on any atom is -0.333 e. The number of nitrogens with zero attached hydrogens (tertiary/aromatic N) is 2. The largest absolute Gasteiger partial charge is 0.333 e.